The predicted octanol–water partition coefficient (Wildman–Crippen LogP) is 0.767. The van der Waals surface area contributed by atoms with Gasteiger partial charge in [-0.15, -0.1) is 0 Å². The standard InChI is InChI=1S/C11H19N3O/c1-13-6-5-12-11(13)9-14(7-8-15)10-3-2-4-10/h5-6,10,15H,2-4,7-9H2,1H3. The Bertz CT molecular complexity index is 307. The Hall–Kier alpha value is -0.870. The number of nitrogens with zero attached hydrogens (tertiary/aromatic N) is 3. The Kier molecular flexibility index (Phi) is 3.38. The molecule has 84 valence electrons. The molecular weight excluding hydrogens is 190 g/mol. The number of hydrogen-bond acceptors (Lipinski definition) is 3. The minimum Gasteiger partial charge on any atom is -0.395 e. The highest BCUT2D eigenvalue weighted by Gasteiger charge is 2.25. The third-order valence-corrected chi connectivity index (χ3v) is 3.24. The summed E-state index contributed by atoms with van der Waals surface area (Å²) in [6.07, 6.45) is 7.66. The zero-order chi connectivity index (χ0) is 10.7. The first-order chi connectivity index (χ1) is 7.31. The van der Waals surface area contributed by atoms with Crippen LogP contribution in [0.15, 0.2) is 12.4 Å². The van der Waals surface area contributed by atoms with Gasteiger partial charge in [0, 0.05) is 32.0 Å². The van der Waals surface area contributed by atoms with Gasteiger partial charge in [-0.3, -0.25) is 4.90 Å². The topological polar surface area (TPSA) is 41.3 Å². The molecule has 1 saturated carbocycles. The lowest BCUT2D eigenvalue weighted by Gasteiger charge is -2.36. The van der Waals surface area contributed by atoms with Crippen LogP contribution in [0.1, 0.15) is 25.1 Å². The van der Waals surface area contributed by atoms with Gasteiger partial charge in [-0.2, -0.15) is 0 Å². The zero-order valence-corrected chi connectivity index (χ0v) is 9.26. The molecule has 0 atom stereocenters. The molecule has 0 saturated heterocycles. The van der Waals surface area contributed by atoms with E-state index in [4.69, 9.17) is 5.11 Å². The van der Waals surface area contributed by atoms with E-state index in [0.29, 0.717) is 6.04 Å². The number of imidazole rings is 1. The van der Waals surface area contributed by atoms with Crippen LogP contribution in [0.2, 0.25) is 0 Å². The lowest BCUT2D eigenvalue weighted by atomic mass is 9.91. The Morgan fingerprint density at radius 2 is 2.40 bits per heavy atom. The average molecular weight is 209 g/mol. The largest absolute Gasteiger partial charge is 0.395 e. The van der Waals surface area contributed by atoms with E-state index in [-0.39, 0.29) is 6.61 Å². The van der Waals surface area contributed by atoms with Crippen LogP contribution in [-0.2, 0) is 13.6 Å². The highest BCUT2D eigenvalue weighted by Crippen LogP contribution is 2.25. The van der Waals surface area contributed by atoms with Crippen LogP contribution in [0.5, 0.6) is 0 Å². The van der Waals surface area contributed by atoms with Gasteiger partial charge in [-0.1, -0.05) is 6.42 Å². The fourth-order valence-corrected chi connectivity index (χ4v) is 2.00. The summed E-state index contributed by atoms with van der Waals surface area (Å²) < 4.78 is 2.04. The molecule has 4 nitrogen and oxygen atoms in total. The molecule has 2 rings (SSSR count). The molecule has 1 aliphatic carbocycles. The van der Waals surface area contributed by atoms with Crippen molar-refractivity contribution in [3.63, 3.8) is 0 Å². The van der Waals surface area contributed by atoms with Gasteiger partial charge >= 0.3 is 0 Å². The van der Waals surface area contributed by atoms with Crippen molar-refractivity contribution < 1.29 is 5.11 Å². The molecule has 1 aromatic rings. The molecule has 1 fully saturated rings. The summed E-state index contributed by atoms with van der Waals surface area (Å²) in [5.74, 6) is 1.08. The molecule has 15 heavy (non-hydrogen) atoms. The molecule has 0 spiro atoms. The molecule has 0 radical (unpaired) electrons. The fourth-order valence-electron chi connectivity index (χ4n) is 2.00. The van der Waals surface area contributed by atoms with Crippen molar-refractivity contribution in [2.24, 2.45) is 7.05 Å². The molecule has 1 aliphatic rings. The van der Waals surface area contributed by atoms with Crippen LogP contribution >= 0.6 is 0 Å². The molecule has 0 bridgehead atoms. The second kappa shape index (κ2) is 4.77. The first-order valence-electron chi connectivity index (χ1n) is 5.62. The van der Waals surface area contributed by atoms with E-state index in [9.17, 15) is 0 Å². The highest BCUT2D eigenvalue weighted by molar-refractivity contribution is 4.93. The van der Waals surface area contributed by atoms with Crippen molar-refractivity contribution in [3.8, 4) is 0 Å². The van der Waals surface area contributed by atoms with Crippen LogP contribution in [0.25, 0.3) is 0 Å². The van der Waals surface area contributed by atoms with Crippen molar-refractivity contribution in [1.29, 1.82) is 0 Å². The fraction of sp³-hybridized carbons (Fsp3) is 0.727. The Morgan fingerprint density at radius 1 is 1.60 bits per heavy atom. The Labute approximate surface area is 90.5 Å². The van der Waals surface area contributed by atoms with Crippen molar-refractivity contribution in [1.82, 2.24) is 14.5 Å². The normalized spacial score (nSPS) is 17.0. The van der Waals surface area contributed by atoms with E-state index in [1.807, 2.05) is 24.0 Å². The minimum atomic E-state index is 0.237. The maximum Gasteiger partial charge on any atom is 0.122 e. The summed E-state index contributed by atoms with van der Waals surface area (Å²) in [5.41, 5.74) is 0. The maximum absolute atomic E-state index is 9.03. The van der Waals surface area contributed by atoms with Gasteiger partial charge in [0.15, 0.2) is 0 Å². The summed E-state index contributed by atoms with van der Waals surface area (Å²) in [6.45, 7) is 1.85. The van der Waals surface area contributed by atoms with Crippen molar-refractivity contribution >= 4 is 0 Å². The maximum atomic E-state index is 9.03. The molecule has 0 amide bonds. The van der Waals surface area contributed by atoms with Gasteiger partial charge in [0.05, 0.1) is 13.2 Å². The molecule has 0 aromatic carbocycles. The third-order valence-electron chi connectivity index (χ3n) is 3.24. The first kappa shape index (κ1) is 10.6. The molecule has 1 N–H and O–H groups in total. The number of rotatable bonds is 5. The van der Waals surface area contributed by atoms with Gasteiger partial charge < -0.3 is 9.67 Å². The SMILES string of the molecule is Cn1ccnc1CN(CCO)C1CCC1. The number of aliphatic hydroxyl groups excluding tert-OH is 1. The van der Waals surface area contributed by atoms with E-state index < -0.39 is 0 Å². The Balaban J connectivity index is 1.96. The number of aliphatic hydroxyl groups is 1. The minimum absolute atomic E-state index is 0.237. The Morgan fingerprint density at radius 3 is 2.87 bits per heavy atom. The second-order valence-electron chi connectivity index (χ2n) is 4.23. The predicted molar refractivity (Wildman–Crippen MR) is 58.3 cm³/mol. The summed E-state index contributed by atoms with van der Waals surface area (Å²) in [6, 6.07) is 0.661. The smallest absolute Gasteiger partial charge is 0.122 e. The summed E-state index contributed by atoms with van der Waals surface area (Å²) in [7, 11) is 2.01. The quantitative estimate of drug-likeness (QED) is 0.778. The second-order valence-corrected chi connectivity index (χ2v) is 4.23. The van der Waals surface area contributed by atoms with Gasteiger partial charge in [-0.25, -0.2) is 4.98 Å². The van der Waals surface area contributed by atoms with Gasteiger partial charge in [-0.05, 0) is 12.8 Å². The molecule has 1 aromatic heterocycles. The van der Waals surface area contributed by atoms with Crippen LogP contribution in [0.4, 0.5) is 0 Å². The van der Waals surface area contributed by atoms with Crippen LogP contribution in [0, 0.1) is 0 Å². The van der Waals surface area contributed by atoms with Gasteiger partial charge in [0.2, 0.25) is 0 Å². The molecule has 1 heterocycles. The van der Waals surface area contributed by atoms with E-state index in [1.165, 1.54) is 19.3 Å². The lowest BCUT2D eigenvalue weighted by molar-refractivity contribution is 0.0912. The van der Waals surface area contributed by atoms with E-state index >= 15 is 0 Å². The van der Waals surface area contributed by atoms with E-state index in [0.717, 1.165) is 18.9 Å². The monoisotopic (exact) mass is 209 g/mol. The average Bonchev–Trinajstić information content (AvgIpc) is 2.49. The lowest BCUT2D eigenvalue weighted by Crippen LogP contribution is -2.41. The molecule has 0 unspecified atom stereocenters. The summed E-state index contributed by atoms with van der Waals surface area (Å²) >= 11 is 0. The third kappa shape index (κ3) is 2.38. The molecule has 0 aliphatic heterocycles. The van der Waals surface area contributed by atoms with Crippen molar-refractivity contribution in [2.75, 3.05) is 13.2 Å². The molecular formula is C11H19N3O. The molecule has 4 heteroatoms. The van der Waals surface area contributed by atoms with E-state index in [1.54, 1.807) is 0 Å². The van der Waals surface area contributed by atoms with Crippen LogP contribution in [0.3, 0.4) is 0 Å². The first-order valence-corrected chi connectivity index (χ1v) is 5.62. The zero-order valence-electron chi connectivity index (χ0n) is 9.26. The van der Waals surface area contributed by atoms with Crippen LogP contribution in [-0.4, -0.2) is 38.8 Å². The number of aryl methyl sites for hydroxylation is 1. The summed E-state index contributed by atoms with van der Waals surface area (Å²) in [4.78, 5) is 6.66. The van der Waals surface area contributed by atoms with Crippen molar-refractivity contribution in [2.45, 2.75) is 31.8 Å². The van der Waals surface area contributed by atoms with Gasteiger partial charge in [0.1, 0.15) is 5.82 Å². The van der Waals surface area contributed by atoms with Gasteiger partial charge in [0.25, 0.3) is 0 Å². The highest BCUT2D eigenvalue weighted by atomic mass is 16.3. The number of hydrogen-bond donors (Lipinski definition) is 1. The van der Waals surface area contributed by atoms with Crippen LogP contribution < -0.4 is 0 Å². The van der Waals surface area contributed by atoms with E-state index in [2.05, 4.69) is 9.88 Å². The number of aromatic nitrogens is 2. The summed E-state index contributed by atoms with van der Waals surface area (Å²) in [5, 5.41) is 9.03. The van der Waals surface area contributed by atoms with Crippen molar-refractivity contribution in [3.05, 3.63) is 18.2 Å².